The van der Waals surface area contributed by atoms with E-state index in [-0.39, 0.29) is 18.0 Å². The van der Waals surface area contributed by atoms with Crippen LogP contribution in [0.3, 0.4) is 0 Å². The van der Waals surface area contributed by atoms with Crippen molar-refractivity contribution >= 4 is 9.84 Å². The van der Waals surface area contributed by atoms with Gasteiger partial charge in [-0.15, -0.1) is 0 Å². The molecule has 0 amide bonds. The van der Waals surface area contributed by atoms with Crippen LogP contribution in [0.5, 0.6) is 0 Å². The Hall–Kier alpha value is -0.130. The van der Waals surface area contributed by atoms with Crippen LogP contribution in [0, 0.1) is 0 Å². The molecule has 2 atom stereocenters. The van der Waals surface area contributed by atoms with E-state index in [1.807, 2.05) is 0 Å². The predicted molar refractivity (Wildman–Crippen MR) is 60.7 cm³/mol. The molecule has 0 spiro atoms. The zero-order valence-corrected chi connectivity index (χ0v) is 10.5. The smallest absolute Gasteiger partial charge is 0.148 e. The van der Waals surface area contributed by atoms with Crippen molar-refractivity contribution in [3.63, 3.8) is 0 Å². The Morgan fingerprint density at radius 2 is 1.80 bits per heavy atom. The van der Waals surface area contributed by atoms with E-state index in [1.165, 1.54) is 6.26 Å². The van der Waals surface area contributed by atoms with Gasteiger partial charge in [-0.25, -0.2) is 8.42 Å². The summed E-state index contributed by atoms with van der Waals surface area (Å²) in [7, 11) is -2.85. The summed E-state index contributed by atoms with van der Waals surface area (Å²) < 4.78 is 27.5. The fraction of sp³-hybridized carbons (Fsp3) is 1.00. The van der Waals surface area contributed by atoms with Crippen LogP contribution in [0.4, 0.5) is 0 Å². The molecule has 90 valence electrons. The van der Waals surface area contributed by atoms with Gasteiger partial charge < -0.3 is 10.1 Å². The predicted octanol–water partition coefficient (Wildman–Crippen LogP) is 0.577. The molecule has 4 nitrogen and oxygen atoms in total. The standard InChI is InChI=1S/C10H21NO3S/c1-8-6-10(7-9(2)14-8)11-4-5-15(3,12)13/h8-11H,4-7H2,1-3H3. The number of ether oxygens (including phenoxy) is 1. The van der Waals surface area contributed by atoms with Crippen molar-refractivity contribution in [2.45, 2.75) is 44.9 Å². The molecule has 2 unspecified atom stereocenters. The minimum absolute atomic E-state index is 0.215. The van der Waals surface area contributed by atoms with E-state index in [1.54, 1.807) is 0 Å². The van der Waals surface area contributed by atoms with Crippen LogP contribution < -0.4 is 5.32 Å². The first-order valence-electron chi connectivity index (χ1n) is 5.43. The van der Waals surface area contributed by atoms with Gasteiger partial charge in [-0.05, 0) is 26.7 Å². The molecule has 0 saturated carbocycles. The molecule has 1 N–H and O–H groups in total. The lowest BCUT2D eigenvalue weighted by atomic mass is 10.00. The van der Waals surface area contributed by atoms with Gasteiger partial charge in [0.15, 0.2) is 0 Å². The summed E-state index contributed by atoms with van der Waals surface area (Å²) in [5.74, 6) is 0.215. The van der Waals surface area contributed by atoms with Gasteiger partial charge in [0.1, 0.15) is 9.84 Å². The molecule has 1 heterocycles. The first-order valence-corrected chi connectivity index (χ1v) is 7.49. The lowest BCUT2D eigenvalue weighted by Crippen LogP contribution is -2.42. The van der Waals surface area contributed by atoms with E-state index in [0.717, 1.165) is 12.8 Å². The monoisotopic (exact) mass is 235 g/mol. The Morgan fingerprint density at radius 1 is 1.27 bits per heavy atom. The molecule has 5 heteroatoms. The second-order valence-corrected chi connectivity index (χ2v) is 6.77. The molecule has 0 bridgehead atoms. The minimum Gasteiger partial charge on any atom is -0.375 e. The fourth-order valence-corrected chi connectivity index (χ4v) is 2.51. The van der Waals surface area contributed by atoms with Crippen molar-refractivity contribution in [1.29, 1.82) is 0 Å². The van der Waals surface area contributed by atoms with Gasteiger partial charge in [0, 0.05) is 18.8 Å². The van der Waals surface area contributed by atoms with Gasteiger partial charge in [-0.3, -0.25) is 0 Å². The quantitative estimate of drug-likeness (QED) is 0.774. The van der Waals surface area contributed by atoms with E-state index in [4.69, 9.17) is 4.74 Å². The molecular formula is C10H21NO3S. The Kier molecular flexibility index (Phi) is 4.55. The third kappa shape index (κ3) is 5.49. The molecule has 1 fully saturated rings. The highest BCUT2D eigenvalue weighted by Crippen LogP contribution is 2.18. The van der Waals surface area contributed by atoms with Crippen LogP contribution in [0.2, 0.25) is 0 Å². The fourth-order valence-electron chi connectivity index (χ4n) is 2.02. The largest absolute Gasteiger partial charge is 0.375 e. The molecule has 0 aromatic heterocycles. The van der Waals surface area contributed by atoms with Crippen molar-refractivity contribution in [2.24, 2.45) is 0 Å². The van der Waals surface area contributed by atoms with Gasteiger partial charge >= 0.3 is 0 Å². The molecule has 15 heavy (non-hydrogen) atoms. The summed E-state index contributed by atoms with van der Waals surface area (Å²) in [6, 6.07) is 0.394. The van der Waals surface area contributed by atoms with Crippen molar-refractivity contribution in [2.75, 3.05) is 18.6 Å². The maximum Gasteiger partial charge on any atom is 0.148 e. The molecule has 0 aliphatic carbocycles. The number of rotatable bonds is 4. The number of sulfone groups is 1. The van der Waals surface area contributed by atoms with E-state index in [9.17, 15) is 8.42 Å². The average molecular weight is 235 g/mol. The Bertz CT molecular complexity index is 279. The highest BCUT2D eigenvalue weighted by atomic mass is 32.2. The van der Waals surface area contributed by atoms with Crippen molar-refractivity contribution in [3.8, 4) is 0 Å². The number of hydrogen-bond acceptors (Lipinski definition) is 4. The molecule has 1 saturated heterocycles. The van der Waals surface area contributed by atoms with Crippen molar-refractivity contribution < 1.29 is 13.2 Å². The number of nitrogens with one attached hydrogen (secondary N) is 1. The van der Waals surface area contributed by atoms with Gasteiger partial charge in [-0.2, -0.15) is 0 Å². The maximum absolute atomic E-state index is 10.9. The van der Waals surface area contributed by atoms with Crippen LogP contribution in [-0.2, 0) is 14.6 Å². The highest BCUT2D eigenvalue weighted by Gasteiger charge is 2.23. The maximum atomic E-state index is 10.9. The summed E-state index contributed by atoms with van der Waals surface area (Å²) in [5, 5.41) is 3.28. The normalized spacial score (nSPS) is 32.9. The molecule has 0 aromatic rings. The van der Waals surface area contributed by atoms with Crippen LogP contribution >= 0.6 is 0 Å². The lowest BCUT2D eigenvalue weighted by Gasteiger charge is -2.32. The third-order valence-corrected chi connectivity index (χ3v) is 3.55. The van der Waals surface area contributed by atoms with E-state index >= 15 is 0 Å². The zero-order chi connectivity index (χ0) is 11.5. The Balaban J connectivity index is 2.26. The SMILES string of the molecule is CC1CC(NCCS(C)(=O)=O)CC(C)O1. The molecular weight excluding hydrogens is 214 g/mol. The molecule has 1 aliphatic rings. The summed E-state index contributed by atoms with van der Waals surface area (Å²) in [6.07, 6.45) is 3.74. The zero-order valence-electron chi connectivity index (χ0n) is 9.69. The summed E-state index contributed by atoms with van der Waals surface area (Å²) >= 11 is 0. The topological polar surface area (TPSA) is 55.4 Å². The van der Waals surface area contributed by atoms with Gasteiger partial charge in [-0.1, -0.05) is 0 Å². The molecule has 0 aromatic carbocycles. The molecule has 1 aliphatic heterocycles. The van der Waals surface area contributed by atoms with E-state index < -0.39 is 9.84 Å². The van der Waals surface area contributed by atoms with E-state index in [2.05, 4.69) is 19.2 Å². The van der Waals surface area contributed by atoms with Crippen LogP contribution in [0.25, 0.3) is 0 Å². The minimum atomic E-state index is -2.85. The van der Waals surface area contributed by atoms with Crippen LogP contribution in [-0.4, -0.2) is 45.2 Å². The summed E-state index contributed by atoms with van der Waals surface area (Å²) in [6.45, 7) is 4.66. The van der Waals surface area contributed by atoms with Gasteiger partial charge in [0.2, 0.25) is 0 Å². The van der Waals surface area contributed by atoms with Crippen LogP contribution in [0.15, 0.2) is 0 Å². The third-order valence-electron chi connectivity index (χ3n) is 2.60. The number of hydrogen-bond donors (Lipinski definition) is 1. The summed E-state index contributed by atoms with van der Waals surface area (Å²) in [4.78, 5) is 0. The van der Waals surface area contributed by atoms with Crippen molar-refractivity contribution in [3.05, 3.63) is 0 Å². The average Bonchev–Trinajstić information content (AvgIpc) is 1.99. The molecule has 1 rings (SSSR count). The summed E-state index contributed by atoms with van der Waals surface area (Å²) in [5.41, 5.74) is 0. The first kappa shape index (κ1) is 12.9. The van der Waals surface area contributed by atoms with E-state index in [0.29, 0.717) is 12.6 Å². The van der Waals surface area contributed by atoms with Crippen molar-refractivity contribution in [1.82, 2.24) is 5.32 Å². The molecule has 0 radical (unpaired) electrons. The first-order chi connectivity index (χ1) is 6.87. The van der Waals surface area contributed by atoms with Gasteiger partial charge in [0.25, 0.3) is 0 Å². The lowest BCUT2D eigenvalue weighted by molar-refractivity contribution is -0.0417. The Labute approximate surface area is 92.3 Å². The Morgan fingerprint density at radius 3 is 2.27 bits per heavy atom. The second-order valence-electron chi connectivity index (χ2n) is 4.51. The highest BCUT2D eigenvalue weighted by molar-refractivity contribution is 7.90. The second kappa shape index (κ2) is 5.27. The van der Waals surface area contributed by atoms with Crippen LogP contribution in [0.1, 0.15) is 26.7 Å². The van der Waals surface area contributed by atoms with Gasteiger partial charge in [0.05, 0.1) is 18.0 Å².